The summed E-state index contributed by atoms with van der Waals surface area (Å²) in [5, 5.41) is 15.2. The number of aliphatic hydroxyl groups is 1. The smallest absolute Gasteiger partial charge is 0.224 e. The molecule has 190 valence electrons. The highest BCUT2D eigenvalue weighted by Gasteiger charge is 2.24. The number of carbonyl (C=O) groups is 1. The maximum absolute atomic E-state index is 12.1. The molecule has 1 aliphatic rings. The number of hydrogen-bond acceptors (Lipinski definition) is 7. The van der Waals surface area contributed by atoms with Crippen LogP contribution in [-0.2, 0) is 17.8 Å². The van der Waals surface area contributed by atoms with E-state index in [0.717, 1.165) is 16.9 Å². The molecule has 0 saturated heterocycles. The number of fused-ring (bicyclic) bond motifs is 1. The van der Waals surface area contributed by atoms with E-state index in [1.165, 1.54) is 0 Å². The van der Waals surface area contributed by atoms with Gasteiger partial charge in [0.15, 0.2) is 0 Å². The molecular formula is C28H32N2O6. The van der Waals surface area contributed by atoms with Crippen molar-refractivity contribution in [3.63, 3.8) is 0 Å². The van der Waals surface area contributed by atoms with E-state index in [1.54, 1.807) is 18.2 Å². The summed E-state index contributed by atoms with van der Waals surface area (Å²) in [6, 6.07) is 20.7. The number of hydrogen-bond donors (Lipinski definition) is 2. The Balaban J connectivity index is 1.37. The Morgan fingerprint density at radius 3 is 2.39 bits per heavy atom. The fourth-order valence-electron chi connectivity index (χ4n) is 3.91. The van der Waals surface area contributed by atoms with Gasteiger partial charge in [0, 0.05) is 18.5 Å². The number of anilines is 1. The fraction of sp³-hybridized carbons (Fsp3) is 0.321. The van der Waals surface area contributed by atoms with Crippen molar-refractivity contribution in [2.75, 3.05) is 32.1 Å². The first-order valence-electron chi connectivity index (χ1n) is 12.1. The molecular weight excluding hydrogens is 460 g/mol. The minimum absolute atomic E-state index is 0.0569. The first kappa shape index (κ1) is 25.3. The number of benzene rings is 3. The maximum atomic E-state index is 12.1. The summed E-state index contributed by atoms with van der Waals surface area (Å²) in [6.07, 6.45) is 0.121. The Kier molecular flexibility index (Phi) is 8.65. The van der Waals surface area contributed by atoms with Crippen LogP contribution in [0.15, 0.2) is 66.7 Å². The Hall–Kier alpha value is -3.75. The first-order valence-corrected chi connectivity index (χ1v) is 12.1. The number of likely N-dealkylation sites (N-methyl/N-ethyl adjacent to an activating group) is 1. The number of ether oxygens (including phenoxy) is 3. The first-order chi connectivity index (χ1) is 17.6. The molecule has 0 radical (unpaired) electrons. The third kappa shape index (κ3) is 6.68. The lowest BCUT2D eigenvalue weighted by Gasteiger charge is -2.25. The molecule has 1 atom stereocenters. The zero-order valence-corrected chi connectivity index (χ0v) is 20.6. The number of rotatable bonds is 12. The van der Waals surface area contributed by atoms with Gasteiger partial charge in [-0.3, -0.25) is 4.79 Å². The molecule has 3 aromatic carbocycles. The van der Waals surface area contributed by atoms with E-state index in [2.05, 4.69) is 5.32 Å². The molecule has 4 rings (SSSR count). The lowest BCUT2D eigenvalue weighted by molar-refractivity contribution is -0.116. The molecule has 0 bridgehead atoms. The Morgan fingerprint density at radius 2 is 1.67 bits per heavy atom. The minimum Gasteiger partial charge on any atom is -0.497 e. The van der Waals surface area contributed by atoms with E-state index >= 15 is 0 Å². The van der Waals surface area contributed by atoms with E-state index in [4.69, 9.17) is 19.0 Å². The zero-order valence-electron chi connectivity index (χ0n) is 20.6. The third-order valence-corrected chi connectivity index (χ3v) is 5.83. The van der Waals surface area contributed by atoms with Gasteiger partial charge in [0.1, 0.15) is 42.3 Å². The van der Waals surface area contributed by atoms with Crippen LogP contribution in [0, 0.1) is 0 Å². The quantitative estimate of drug-likeness (QED) is 0.366. The van der Waals surface area contributed by atoms with Crippen molar-refractivity contribution >= 4 is 11.6 Å². The van der Waals surface area contributed by atoms with Gasteiger partial charge in [0.25, 0.3) is 0 Å². The van der Waals surface area contributed by atoms with E-state index in [1.807, 2.05) is 67.6 Å². The SMILES string of the molecule is CCN(CC(O)COc1ccc(OCc2ccccc2)c2c1CCC(=O)N2)Oc1ccc(OC)cc1. The second-order valence-electron chi connectivity index (χ2n) is 8.45. The highest BCUT2D eigenvalue weighted by atomic mass is 16.7. The molecule has 0 aromatic heterocycles. The molecule has 0 aliphatic carbocycles. The van der Waals surface area contributed by atoms with E-state index in [-0.39, 0.29) is 19.1 Å². The van der Waals surface area contributed by atoms with Gasteiger partial charge in [-0.05, 0) is 55.3 Å². The van der Waals surface area contributed by atoms with Crippen LogP contribution in [0.3, 0.4) is 0 Å². The van der Waals surface area contributed by atoms with Gasteiger partial charge in [-0.25, -0.2) is 0 Å². The Labute approximate surface area is 211 Å². The summed E-state index contributed by atoms with van der Waals surface area (Å²) in [7, 11) is 1.61. The van der Waals surface area contributed by atoms with Crippen molar-refractivity contribution < 1.29 is 28.9 Å². The molecule has 1 aliphatic heterocycles. The summed E-state index contributed by atoms with van der Waals surface area (Å²) >= 11 is 0. The van der Waals surface area contributed by atoms with Crippen LogP contribution < -0.4 is 24.4 Å². The number of hydroxylamine groups is 2. The normalized spacial score (nSPS) is 13.5. The molecule has 8 nitrogen and oxygen atoms in total. The molecule has 1 unspecified atom stereocenters. The van der Waals surface area contributed by atoms with Crippen LogP contribution in [0.2, 0.25) is 0 Å². The van der Waals surface area contributed by atoms with Crippen LogP contribution >= 0.6 is 0 Å². The number of nitrogens with one attached hydrogen (secondary N) is 1. The van der Waals surface area contributed by atoms with Gasteiger partial charge in [-0.15, -0.1) is 5.06 Å². The number of carbonyl (C=O) groups excluding carboxylic acids is 1. The maximum Gasteiger partial charge on any atom is 0.224 e. The van der Waals surface area contributed by atoms with Crippen molar-refractivity contribution in [3.05, 3.63) is 77.9 Å². The van der Waals surface area contributed by atoms with Crippen molar-refractivity contribution in [2.24, 2.45) is 0 Å². The molecule has 0 saturated carbocycles. The van der Waals surface area contributed by atoms with Gasteiger partial charge in [0.05, 0.1) is 19.3 Å². The molecule has 0 fully saturated rings. The van der Waals surface area contributed by atoms with Crippen molar-refractivity contribution in [2.45, 2.75) is 32.5 Å². The summed E-state index contributed by atoms with van der Waals surface area (Å²) in [4.78, 5) is 18.0. The van der Waals surface area contributed by atoms with E-state index < -0.39 is 6.10 Å². The lowest BCUT2D eigenvalue weighted by Crippen LogP contribution is -2.37. The van der Waals surface area contributed by atoms with Gasteiger partial charge in [0.2, 0.25) is 5.91 Å². The van der Waals surface area contributed by atoms with Crippen LogP contribution in [-0.4, -0.2) is 49.0 Å². The Morgan fingerprint density at radius 1 is 0.944 bits per heavy atom. The standard InChI is InChI=1S/C28H32N2O6/c1-3-30(36-23-11-9-22(33-2)10-12-23)17-21(31)19-35-25-14-15-26(28-24(25)13-16-27(32)29-28)34-18-20-7-5-4-6-8-20/h4-12,14-15,21,31H,3,13,16-19H2,1-2H3,(H,29,32). The van der Waals surface area contributed by atoms with Crippen LogP contribution in [0.5, 0.6) is 23.0 Å². The second-order valence-corrected chi connectivity index (χ2v) is 8.45. The molecule has 1 amide bonds. The number of aliphatic hydroxyl groups excluding tert-OH is 1. The minimum atomic E-state index is -0.786. The monoisotopic (exact) mass is 492 g/mol. The average molecular weight is 493 g/mol. The molecule has 1 heterocycles. The van der Waals surface area contributed by atoms with Gasteiger partial charge in [-0.1, -0.05) is 30.3 Å². The summed E-state index contributed by atoms with van der Waals surface area (Å²) in [5.74, 6) is 2.56. The third-order valence-electron chi connectivity index (χ3n) is 5.83. The number of amides is 1. The van der Waals surface area contributed by atoms with Crippen molar-refractivity contribution in [3.8, 4) is 23.0 Å². The largest absolute Gasteiger partial charge is 0.497 e. The molecule has 8 heteroatoms. The number of nitrogens with zero attached hydrogens (tertiary/aromatic N) is 1. The summed E-state index contributed by atoms with van der Waals surface area (Å²) < 4.78 is 17.2. The van der Waals surface area contributed by atoms with Gasteiger partial charge >= 0.3 is 0 Å². The highest BCUT2D eigenvalue weighted by Crippen LogP contribution is 2.39. The summed E-state index contributed by atoms with van der Waals surface area (Å²) in [6.45, 7) is 3.26. The average Bonchev–Trinajstić information content (AvgIpc) is 2.91. The highest BCUT2D eigenvalue weighted by molar-refractivity contribution is 5.96. The molecule has 3 aromatic rings. The van der Waals surface area contributed by atoms with Crippen LogP contribution in [0.4, 0.5) is 5.69 Å². The number of methoxy groups -OCH3 is 1. The summed E-state index contributed by atoms with van der Waals surface area (Å²) in [5.41, 5.74) is 2.54. The van der Waals surface area contributed by atoms with Crippen LogP contribution in [0.1, 0.15) is 24.5 Å². The predicted octanol–water partition coefficient (Wildman–Crippen LogP) is 4.21. The lowest BCUT2D eigenvalue weighted by atomic mass is 10.0. The molecule has 36 heavy (non-hydrogen) atoms. The predicted molar refractivity (Wildman–Crippen MR) is 137 cm³/mol. The van der Waals surface area contributed by atoms with Gasteiger partial charge in [-0.2, -0.15) is 0 Å². The molecule has 2 N–H and O–H groups in total. The van der Waals surface area contributed by atoms with E-state index in [0.29, 0.717) is 48.9 Å². The van der Waals surface area contributed by atoms with Crippen LogP contribution in [0.25, 0.3) is 0 Å². The topological polar surface area (TPSA) is 89.5 Å². The van der Waals surface area contributed by atoms with Crippen molar-refractivity contribution in [1.82, 2.24) is 5.06 Å². The van der Waals surface area contributed by atoms with E-state index in [9.17, 15) is 9.90 Å². The molecule has 0 spiro atoms. The second kappa shape index (κ2) is 12.3. The van der Waals surface area contributed by atoms with Crippen molar-refractivity contribution in [1.29, 1.82) is 0 Å². The zero-order chi connectivity index (χ0) is 25.3. The Bertz CT molecular complexity index is 1140. The fourth-order valence-corrected chi connectivity index (χ4v) is 3.91. The van der Waals surface area contributed by atoms with Gasteiger partial charge < -0.3 is 29.5 Å².